The lowest BCUT2D eigenvalue weighted by Crippen LogP contribution is -2.27. The topological polar surface area (TPSA) is 107 Å². The van der Waals surface area contributed by atoms with Crippen LogP contribution in [0.15, 0.2) is 29.2 Å². The maximum atomic E-state index is 12.3. The lowest BCUT2D eigenvalue weighted by Gasteiger charge is -2.05. The van der Waals surface area contributed by atoms with E-state index in [1.807, 2.05) is 7.05 Å². The van der Waals surface area contributed by atoms with Gasteiger partial charge in [0, 0.05) is 24.8 Å². The molecule has 1 aromatic carbocycles. The van der Waals surface area contributed by atoms with Gasteiger partial charge in [0.25, 0.3) is 5.91 Å². The van der Waals surface area contributed by atoms with Crippen LogP contribution >= 0.6 is 0 Å². The van der Waals surface area contributed by atoms with E-state index in [2.05, 4.69) is 10.4 Å². The maximum Gasteiger partial charge on any atom is 0.272 e. The SMILES string of the molecule is Cn1nc(C(=O)NCCc2ccc(S(N)(=O)=O)cc2)c2c1CCC2. The number of hydrogen-bond acceptors (Lipinski definition) is 4. The van der Waals surface area contributed by atoms with Crippen molar-refractivity contribution in [3.05, 3.63) is 46.8 Å². The number of primary sulfonamides is 1. The molecule has 0 spiro atoms. The lowest BCUT2D eigenvalue weighted by atomic mass is 10.1. The zero-order chi connectivity index (χ0) is 17.3. The van der Waals surface area contributed by atoms with Crippen LogP contribution in [0.1, 0.15) is 33.7 Å². The molecule has 1 aliphatic carbocycles. The Hall–Kier alpha value is -2.19. The van der Waals surface area contributed by atoms with Crippen LogP contribution in [-0.4, -0.2) is 30.7 Å². The number of hydrogen-bond donors (Lipinski definition) is 2. The van der Waals surface area contributed by atoms with E-state index >= 15 is 0 Å². The summed E-state index contributed by atoms with van der Waals surface area (Å²) in [4.78, 5) is 12.4. The summed E-state index contributed by atoms with van der Waals surface area (Å²) >= 11 is 0. The van der Waals surface area contributed by atoms with Crippen LogP contribution in [-0.2, 0) is 36.3 Å². The fourth-order valence-corrected chi connectivity index (χ4v) is 3.56. The number of carbonyl (C=O) groups is 1. The van der Waals surface area contributed by atoms with Gasteiger partial charge in [-0.2, -0.15) is 5.10 Å². The van der Waals surface area contributed by atoms with Gasteiger partial charge in [0.15, 0.2) is 5.69 Å². The summed E-state index contributed by atoms with van der Waals surface area (Å²) in [7, 11) is -1.80. The Bertz CT molecular complexity index is 869. The molecule has 7 nitrogen and oxygen atoms in total. The summed E-state index contributed by atoms with van der Waals surface area (Å²) in [6, 6.07) is 6.34. The largest absolute Gasteiger partial charge is 0.350 e. The Morgan fingerprint density at radius 2 is 2.00 bits per heavy atom. The minimum atomic E-state index is -3.67. The van der Waals surface area contributed by atoms with Gasteiger partial charge in [0.05, 0.1) is 4.90 Å². The molecule has 8 heteroatoms. The van der Waals surface area contributed by atoms with E-state index in [1.165, 1.54) is 12.1 Å². The highest BCUT2D eigenvalue weighted by molar-refractivity contribution is 7.89. The van der Waals surface area contributed by atoms with Crippen molar-refractivity contribution in [1.29, 1.82) is 0 Å². The molecule has 0 radical (unpaired) electrons. The van der Waals surface area contributed by atoms with Crippen molar-refractivity contribution in [2.75, 3.05) is 6.54 Å². The summed E-state index contributed by atoms with van der Waals surface area (Å²) in [5, 5.41) is 12.3. The van der Waals surface area contributed by atoms with Gasteiger partial charge in [-0.3, -0.25) is 9.48 Å². The summed E-state index contributed by atoms with van der Waals surface area (Å²) in [5.41, 5.74) is 3.66. The van der Waals surface area contributed by atoms with Crippen molar-refractivity contribution in [3.8, 4) is 0 Å². The number of carbonyl (C=O) groups excluding carboxylic acids is 1. The maximum absolute atomic E-state index is 12.3. The van der Waals surface area contributed by atoms with E-state index in [1.54, 1.807) is 16.8 Å². The van der Waals surface area contributed by atoms with Gasteiger partial charge >= 0.3 is 0 Å². The van der Waals surface area contributed by atoms with Gasteiger partial charge in [0.1, 0.15) is 0 Å². The standard InChI is InChI=1S/C16H20N4O3S/c1-20-14-4-2-3-13(14)15(19-20)16(21)18-10-9-11-5-7-12(8-6-11)24(17,22)23/h5-8H,2-4,9-10H2,1H3,(H,18,21)(H2,17,22,23). The van der Waals surface area contributed by atoms with E-state index in [4.69, 9.17) is 5.14 Å². The first kappa shape index (κ1) is 16.7. The Kier molecular flexibility index (Phi) is 4.42. The second-order valence-corrected chi connectivity index (χ2v) is 7.51. The molecule has 3 N–H and O–H groups in total. The van der Waals surface area contributed by atoms with E-state index in [0.29, 0.717) is 18.7 Å². The van der Waals surface area contributed by atoms with Gasteiger partial charge in [-0.1, -0.05) is 12.1 Å². The van der Waals surface area contributed by atoms with Crippen molar-refractivity contribution in [2.24, 2.45) is 12.2 Å². The molecule has 0 fully saturated rings. The highest BCUT2D eigenvalue weighted by Gasteiger charge is 2.24. The van der Waals surface area contributed by atoms with Crippen LogP contribution in [0.4, 0.5) is 0 Å². The summed E-state index contributed by atoms with van der Waals surface area (Å²) in [5.74, 6) is -0.157. The second kappa shape index (κ2) is 6.37. The van der Waals surface area contributed by atoms with E-state index in [9.17, 15) is 13.2 Å². The first-order chi connectivity index (χ1) is 11.4. The molecule has 1 aromatic heterocycles. The first-order valence-corrected chi connectivity index (χ1v) is 9.35. The third-order valence-electron chi connectivity index (χ3n) is 4.28. The Morgan fingerprint density at radius 1 is 1.29 bits per heavy atom. The minimum absolute atomic E-state index is 0.0827. The second-order valence-electron chi connectivity index (χ2n) is 5.95. The molecule has 0 atom stereocenters. The van der Waals surface area contributed by atoms with Crippen molar-refractivity contribution < 1.29 is 13.2 Å². The van der Waals surface area contributed by atoms with Crippen LogP contribution in [0.5, 0.6) is 0 Å². The molecule has 3 rings (SSSR count). The Labute approximate surface area is 140 Å². The monoisotopic (exact) mass is 348 g/mol. The fourth-order valence-electron chi connectivity index (χ4n) is 3.04. The zero-order valence-electron chi connectivity index (χ0n) is 13.4. The van der Waals surface area contributed by atoms with Gasteiger partial charge in [-0.05, 0) is 43.4 Å². The molecule has 128 valence electrons. The molecule has 0 bridgehead atoms. The number of rotatable bonds is 5. The third kappa shape index (κ3) is 3.34. The lowest BCUT2D eigenvalue weighted by molar-refractivity contribution is 0.0947. The number of nitrogens with two attached hydrogens (primary N) is 1. The molecule has 1 aliphatic rings. The van der Waals surface area contributed by atoms with Crippen LogP contribution in [0.25, 0.3) is 0 Å². The molecular formula is C16H20N4O3S. The number of benzene rings is 1. The molecule has 24 heavy (non-hydrogen) atoms. The van der Waals surface area contributed by atoms with E-state index in [-0.39, 0.29) is 10.8 Å². The van der Waals surface area contributed by atoms with E-state index < -0.39 is 10.0 Å². The average molecular weight is 348 g/mol. The molecule has 0 saturated carbocycles. The number of amides is 1. The number of sulfonamides is 1. The predicted molar refractivity (Wildman–Crippen MR) is 89.1 cm³/mol. The molecule has 0 unspecified atom stereocenters. The van der Waals surface area contributed by atoms with Gasteiger partial charge in [-0.15, -0.1) is 0 Å². The van der Waals surface area contributed by atoms with Gasteiger partial charge in [0.2, 0.25) is 10.0 Å². The van der Waals surface area contributed by atoms with Crippen molar-refractivity contribution in [2.45, 2.75) is 30.6 Å². The molecule has 0 saturated heterocycles. The van der Waals surface area contributed by atoms with Crippen LogP contribution < -0.4 is 10.5 Å². The third-order valence-corrected chi connectivity index (χ3v) is 5.21. The van der Waals surface area contributed by atoms with Crippen LogP contribution in [0.2, 0.25) is 0 Å². The summed E-state index contributed by atoms with van der Waals surface area (Å²) < 4.78 is 24.2. The number of nitrogens with one attached hydrogen (secondary N) is 1. The molecular weight excluding hydrogens is 328 g/mol. The van der Waals surface area contributed by atoms with Gasteiger partial charge in [-0.25, -0.2) is 13.6 Å². The molecule has 1 heterocycles. The molecule has 0 aliphatic heterocycles. The summed E-state index contributed by atoms with van der Waals surface area (Å²) in [6.07, 6.45) is 3.55. The summed E-state index contributed by atoms with van der Waals surface area (Å²) in [6.45, 7) is 0.457. The van der Waals surface area contributed by atoms with Crippen LogP contribution in [0, 0.1) is 0 Å². The highest BCUT2D eigenvalue weighted by Crippen LogP contribution is 2.24. The minimum Gasteiger partial charge on any atom is -0.350 e. The number of aromatic nitrogens is 2. The van der Waals surface area contributed by atoms with Gasteiger partial charge < -0.3 is 5.32 Å². The van der Waals surface area contributed by atoms with Crippen LogP contribution in [0.3, 0.4) is 0 Å². The Balaban J connectivity index is 1.59. The number of fused-ring (bicyclic) bond motifs is 1. The Morgan fingerprint density at radius 3 is 2.67 bits per heavy atom. The van der Waals surface area contributed by atoms with Crippen molar-refractivity contribution in [1.82, 2.24) is 15.1 Å². The number of aryl methyl sites for hydroxylation is 1. The smallest absolute Gasteiger partial charge is 0.272 e. The molecule has 2 aromatic rings. The highest BCUT2D eigenvalue weighted by atomic mass is 32.2. The molecule has 1 amide bonds. The normalized spacial score (nSPS) is 13.8. The van der Waals surface area contributed by atoms with Crippen molar-refractivity contribution in [3.63, 3.8) is 0 Å². The fraction of sp³-hybridized carbons (Fsp3) is 0.375. The first-order valence-electron chi connectivity index (χ1n) is 7.81. The zero-order valence-corrected chi connectivity index (χ0v) is 14.3. The van der Waals surface area contributed by atoms with E-state index in [0.717, 1.165) is 36.1 Å². The predicted octanol–water partition coefficient (Wildman–Crippen LogP) is 0.529. The average Bonchev–Trinajstić information content (AvgIpc) is 3.11. The quantitative estimate of drug-likeness (QED) is 0.822. The number of nitrogens with zero attached hydrogens (tertiary/aromatic N) is 2. The van der Waals surface area contributed by atoms with Crippen molar-refractivity contribution >= 4 is 15.9 Å².